The van der Waals surface area contributed by atoms with Gasteiger partial charge in [-0.25, -0.2) is 0 Å². The summed E-state index contributed by atoms with van der Waals surface area (Å²) >= 11 is 5.88. The lowest BCUT2D eigenvalue weighted by molar-refractivity contribution is 0.800. The molecule has 3 heteroatoms. The molecule has 0 fully saturated rings. The van der Waals surface area contributed by atoms with Gasteiger partial charge >= 0.3 is 0 Å². The minimum absolute atomic E-state index is 0.780. The maximum absolute atomic E-state index is 5.88. The van der Waals surface area contributed by atoms with Crippen molar-refractivity contribution in [3.05, 3.63) is 35.0 Å². The second-order valence-electron chi connectivity index (χ2n) is 3.06. The fraction of sp³-hybridized carbons (Fsp3) is 0.200. The molecule has 0 amide bonds. The van der Waals surface area contributed by atoms with E-state index in [1.807, 2.05) is 25.2 Å². The molecule has 13 heavy (non-hydrogen) atoms. The molecule has 1 aromatic carbocycles. The van der Waals surface area contributed by atoms with Crippen molar-refractivity contribution in [1.82, 2.24) is 10.3 Å². The van der Waals surface area contributed by atoms with Crippen molar-refractivity contribution in [2.75, 3.05) is 7.05 Å². The number of aromatic amines is 1. The lowest BCUT2D eigenvalue weighted by Crippen LogP contribution is -2.04. The van der Waals surface area contributed by atoms with Crippen LogP contribution in [0.1, 0.15) is 5.69 Å². The molecule has 0 saturated heterocycles. The van der Waals surface area contributed by atoms with Crippen molar-refractivity contribution in [1.29, 1.82) is 0 Å². The molecule has 0 saturated carbocycles. The molecule has 2 nitrogen and oxygen atoms in total. The van der Waals surface area contributed by atoms with Crippen LogP contribution < -0.4 is 5.32 Å². The van der Waals surface area contributed by atoms with E-state index >= 15 is 0 Å². The summed E-state index contributed by atoms with van der Waals surface area (Å²) < 4.78 is 0. The van der Waals surface area contributed by atoms with E-state index in [0.717, 1.165) is 22.5 Å². The highest BCUT2D eigenvalue weighted by molar-refractivity contribution is 6.31. The van der Waals surface area contributed by atoms with Gasteiger partial charge in [-0.2, -0.15) is 0 Å². The zero-order valence-corrected chi connectivity index (χ0v) is 8.15. The molecule has 0 bridgehead atoms. The zero-order chi connectivity index (χ0) is 9.26. The van der Waals surface area contributed by atoms with Crippen LogP contribution in [0.15, 0.2) is 24.3 Å². The Labute approximate surface area is 81.9 Å². The molecule has 0 radical (unpaired) electrons. The molecule has 0 aliphatic rings. The Kier molecular flexibility index (Phi) is 2.25. The van der Waals surface area contributed by atoms with Gasteiger partial charge in [-0.1, -0.05) is 11.6 Å². The molecule has 68 valence electrons. The Morgan fingerprint density at radius 3 is 3.00 bits per heavy atom. The normalized spacial score (nSPS) is 10.9. The van der Waals surface area contributed by atoms with Gasteiger partial charge in [-0.05, 0) is 31.3 Å². The van der Waals surface area contributed by atoms with Gasteiger partial charge in [-0.15, -0.1) is 0 Å². The third-order valence-corrected chi connectivity index (χ3v) is 2.24. The van der Waals surface area contributed by atoms with E-state index in [1.165, 1.54) is 5.69 Å². The summed E-state index contributed by atoms with van der Waals surface area (Å²) in [4.78, 5) is 3.30. The smallest absolute Gasteiger partial charge is 0.0457 e. The Hall–Kier alpha value is -0.990. The van der Waals surface area contributed by atoms with Crippen LogP contribution in [0.2, 0.25) is 5.02 Å². The van der Waals surface area contributed by atoms with E-state index in [2.05, 4.69) is 16.4 Å². The van der Waals surface area contributed by atoms with Gasteiger partial charge in [0.2, 0.25) is 0 Å². The first-order valence-electron chi connectivity index (χ1n) is 4.21. The van der Waals surface area contributed by atoms with E-state index in [1.54, 1.807) is 0 Å². The monoisotopic (exact) mass is 194 g/mol. The molecular formula is C10H11ClN2. The molecular weight excluding hydrogens is 184 g/mol. The molecule has 0 atom stereocenters. The second-order valence-corrected chi connectivity index (χ2v) is 3.49. The van der Waals surface area contributed by atoms with Gasteiger partial charge in [0.15, 0.2) is 0 Å². The van der Waals surface area contributed by atoms with Crippen LogP contribution >= 0.6 is 11.6 Å². The standard InChI is InChI=1S/C10H11ClN2/c1-12-6-9-5-7-4-8(11)2-3-10(7)13-9/h2-5,12-13H,6H2,1H3. The highest BCUT2D eigenvalue weighted by Gasteiger charge is 1.99. The Bertz CT molecular complexity index is 420. The van der Waals surface area contributed by atoms with Gasteiger partial charge in [0.1, 0.15) is 0 Å². The SMILES string of the molecule is CNCc1cc2cc(Cl)ccc2[nH]1. The summed E-state index contributed by atoms with van der Waals surface area (Å²) in [6, 6.07) is 7.96. The first kappa shape index (κ1) is 8.60. The van der Waals surface area contributed by atoms with Gasteiger partial charge < -0.3 is 10.3 Å². The van der Waals surface area contributed by atoms with E-state index in [-0.39, 0.29) is 0 Å². The quantitative estimate of drug-likeness (QED) is 0.756. The first-order chi connectivity index (χ1) is 6.29. The maximum Gasteiger partial charge on any atom is 0.0457 e. The Balaban J connectivity index is 2.49. The minimum Gasteiger partial charge on any atom is -0.357 e. The van der Waals surface area contributed by atoms with E-state index in [9.17, 15) is 0 Å². The zero-order valence-electron chi connectivity index (χ0n) is 7.39. The van der Waals surface area contributed by atoms with Crippen LogP contribution in [-0.2, 0) is 6.54 Å². The number of hydrogen-bond acceptors (Lipinski definition) is 1. The predicted molar refractivity (Wildman–Crippen MR) is 56.1 cm³/mol. The van der Waals surface area contributed by atoms with Crippen LogP contribution in [0.3, 0.4) is 0 Å². The molecule has 1 heterocycles. The van der Waals surface area contributed by atoms with Gasteiger partial charge in [-0.3, -0.25) is 0 Å². The summed E-state index contributed by atoms with van der Waals surface area (Å²) in [7, 11) is 1.93. The number of hydrogen-bond donors (Lipinski definition) is 2. The highest BCUT2D eigenvalue weighted by Crippen LogP contribution is 2.19. The molecule has 2 rings (SSSR count). The third-order valence-electron chi connectivity index (χ3n) is 2.01. The molecule has 0 spiro atoms. The predicted octanol–water partition coefficient (Wildman–Crippen LogP) is 2.54. The summed E-state index contributed by atoms with van der Waals surface area (Å²) in [5.74, 6) is 0. The summed E-state index contributed by atoms with van der Waals surface area (Å²) in [6.07, 6.45) is 0. The lowest BCUT2D eigenvalue weighted by Gasteiger charge is -1.91. The Morgan fingerprint density at radius 1 is 1.38 bits per heavy atom. The average Bonchev–Trinajstić information content (AvgIpc) is 2.46. The topological polar surface area (TPSA) is 27.8 Å². The van der Waals surface area contributed by atoms with Crippen LogP contribution in [0, 0.1) is 0 Å². The third kappa shape index (κ3) is 1.69. The summed E-state index contributed by atoms with van der Waals surface area (Å²) in [5.41, 5.74) is 2.31. The van der Waals surface area contributed by atoms with E-state index in [0.29, 0.717) is 0 Å². The van der Waals surface area contributed by atoms with Crippen molar-refractivity contribution in [3.8, 4) is 0 Å². The molecule has 2 N–H and O–H groups in total. The minimum atomic E-state index is 0.780. The fourth-order valence-corrected chi connectivity index (χ4v) is 1.63. The van der Waals surface area contributed by atoms with Crippen LogP contribution in [0.25, 0.3) is 10.9 Å². The Morgan fingerprint density at radius 2 is 2.23 bits per heavy atom. The summed E-state index contributed by atoms with van der Waals surface area (Å²) in [5, 5.41) is 5.04. The van der Waals surface area contributed by atoms with Gasteiger partial charge in [0, 0.05) is 28.2 Å². The number of aromatic nitrogens is 1. The van der Waals surface area contributed by atoms with Gasteiger partial charge in [0.05, 0.1) is 0 Å². The summed E-state index contributed by atoms with van der Waals surface area (Å²) in [6.45, 7) is 0.853. The molecule has 1 aromatic heterocycles. The van der Waals surface area contributed by atoms with Crippen LogP contribution in [0.5, 0.6) is 0 Å². The van der Waals surface area contributed by atoms with E-state index in [4.69, 9.17) is 11.6 Å². The number of nitrogens with one attached hydrogen (secondary N) is 2. The molecule has 2 aromatic rings. The van der Waals surface area contributed by atoms with E-state index < -0.39 is 0 Å². The number of benzene rings is 1. The molecule has 0 aliphatic carbocycles. The number of H-pyrrole nitrogens is 1. The van der Waals surface area contributed by atoms with Crippen molar-refractivity contribution in [2.24, 2.45) is 0 Å². The number of fused-ring (bicyclic) bond motifs is 1. The fourth-order valence-electron chi connectivity index (χ4n) is 1.45. The van der Waals surface area contributed by atoms with Crippen molar-refractivity contribution >= 4 is 22.5 Å². The van der Waals surface area contributed by atoms with Gasteiger partial charge in [0.25, 0.3) is 0 Å². The van der Waals surface area contributed by atoms with Crippen molar-refractivity contribution < 1.29 is 0 Å². The number of halogens is 1. The van der Waals surface area contributed by atoms with Crippen molar-refractivity contribution in [2.45, 2.75) is 6.54 Å². The first-order valence-corrected chi connectivity index (χ1v) is 4.59. The average molecular weight is 195 g/mol. The highest BCUT2D eigenvalue weighted by atomic mass is 35.5. The van der Waals surface area contributed by atoms with Crippen molar-refractivity contribution in [3.63, 3.8) is 0 Å². The second kappa shape index (κ2) is 3.40. The van der Waals surface area contributed by atoms with Crippen LogP contribution in [0.4, 0.5) is 0 Å². The van der Waals surface area contributed by atoms with Crippen LogP contribution in [-0.4, -0.2) is 12.0 Å². The number of rotatable bonds is 2. The maximum atomic E-state index is 5.88. The molecule has 0 aliphatic heterocycles. The lowest BCUT2D eigenvalue weighted by atomic mass is 10.2. The largest absolute Gasteiger partial charge is 0.357 e. The molecule has 0 unspecified atom stereocenters.